The quantitative estimate of drug-likeness (QED) is 0.879. The molecule has 0 bridgehead atoms. The van der Waals surface area contributed by atoms with Gasteiger partial charge in [-0.15, -0.1) is 0 Å². The van der Waals surface area contributed by atoms with Crippen molar-refractivity contribution in [3.8, 4) is 5.75 Å². The molecule has 116 valence electrons. The Bertz CT molecular complexity index is 480. The van der Waals surface area contributed by atoms with E-state index < -0.39 is 6.10 Å². The molecular weight excluding hydrogens is 290 g/mol. The van der Waals surface area contributed by atoms with Crippen LogP contribution >= 0.6 is 11.6 Å². The molecule has 0 aliphatic carbocycles. The molecule has 1 aromatic rings. The molecule has 0 aromatic heterocycles. The first-order chi connectivity index (χ1) is 10.1. The number of carbonyl (C=O) groups excluding carboxylic acids is 1. The van der Waals surface area contributed by atoms with E-state index in [2.05, 4.69) is 0 Å². The van der Waals surface area contributed by atoms with Crippen LogP contribution in [0.15, 0.2) is 24.3 Å². The van der Waals surface area contributed by atoms with Gasteiger partial charge in [-0.1, -0.05) is 17.7 Å². The molecule has 21 heavy (non-hydrogen) atoms. The van der Waals surface area contributed by atoms with Crippen LogP contribution in [0.5, 0.6) is 5.75 Å². The molecule has 2 unspecified atom stereocenters. The zero-order chi connectivity index (χ0) is 15.2. The molecule has 1 saturated heterocycles. The van der Waals surface area contributed by atoms with Gasteiger partial charge in [0.05, 0.1) is 0 Å². The standard InChI is InChI=1S/C16H22ClNO3/c1-12(21-15-8-2-5-13(17)11-15)16(20)18-9-3-6-14(18)7-4-10-19/h2,5,8,11-12,14,19H,3-4,6-7,9-10H2,1H3. The van der Waals surface area contributed by atoms with Crippen molar-refractivity contribution >= 4 is 17.5 Å². The second-order valence-corrected chi connectivity index (χ2v) is 5.85. The number of likely N-dealkylation sites (tertiary alicyclic amines) is 1. The number of amides is 1. The van der Waals surface area contributed by atoms with E-state index in [1.165, 1.54) is 0 Å². The van der Waals surface area contributed by atoms with E-state index in [1.54, 1.807) is 31.2 Å². The number of carbonyl (C=O) groups is 1. The SMILES string of the molecule is CC(Oc1cccc(Cl)c1)C(=O)N1CCCC1CCCO. The molecule has 5 heteroatoms. The van der Waals surface area contributed by atoms with Gasteiger partial charge in [-0.25, -0.2) is 0 Å². The van der Waals surface area contributed by atoms with Gasteiger partial charge in [0.1, 0.15) is 5.75 Å². The lowest BCUT2D eigenvalue weighted by Crippen LogP contribution is -2.43. The van der Waals surface area contributed by atoms with E-state index in [-0.39, 0.29) is 18.6 Å². The number of halogens is 1. The normalized spacial score (nSPS) is 19.6. The van der Waals surface area contributed by atoms with Crippen LogP contribution in [0.4, 0.5) is 0 Å². The van der Waals surface area contributed by atoms with Gasteiger partial charge < -0.3 is 14.7 Å². The third kappa shape index (κ3) is 4.35. The van der Waals surface area contributed by atoms with Crippen molar-refractivity contribution in [2.24, 2.45) is 0 Å². The molecule has 0 saturated carbocycles. The van der Waals surface area contributed by atoms with Gasteiger partial charge in [-0.05, 0) is 50.8 Å². The highest BCUT2D eigenvalue weighted by Crippen LogP contribution is 2.24. The van der Waals surface area contributed by atoms with Crippen molar-refractivity contribution in [2.45, 2.75) is 44.8 Å². The molecule has 1 amide bonds. The van der Waals surface area contributed by atoms with E-state index in [0.29, 0.717) is 10.8 Å². The number of nitrogens with zero attached hydrogens (tertiary/aromatic N) is 1. The summed E-state index contributed by atoms with van der Waals surface area (Å²) in [6.07, 6.45) is 3.09. The van der Waals surface area contributed by atoms with Gasteiger partial charge in [-0.3, -0.25) is 4.79 Å². The monoisotopic (exact) mass is 311 g/mol. The minimum absolute atomic E-state index is 0.00964. The Balaban J connectivity index is 1.95. The van der Waals surface area contributed by atoms with E-state index >= 15 is 0 Å². The molecule has 2 rings (SSSR count). The Morgan fingerprint density at radius 2 is 2.38 bits per heavy atom. The van der Waals surface area contributed by atoms with E-state index in [0.717, 1.165) is 32.2 Å². The number of ether oxygens (including phenoxy) is 1. The molecule has 1 fully saturated rings. The van der Waals surface area contributed by atoms with Gasteiger partial charge in [0.15, 0.2) is 6.10 Å². The number of hydrogen-bond donors (Lipinski definition) is 1. The van der Waals surface area contributed by atoms with Crippen LogP contribution in [-0.4, -0.2) is 41.2 Å². The van der Waals surface area contributed by atoms with Gasteiger partial charge in [0, 0.05) is 24.2 Å². The number of hydrogen-bond acceptors (Lipinski definition) is 3. The first-order valence-electron chi connectivity index (χ1n) is 7.45. The molecule has 1 heterocycles. The minimum Gasteiger partial charge on any atom is -0.481 e. The fraction of sp³-hybridized carbons (Fsp3) is 0.562. The summed E-state index contributed by atoms with van der Waals surface area (Å²) in [5, 5.41) is 9.53. The van der Waals surface area contributed by atoms with Gasteiger partial charge in [0.25, 0.3) is 5.91 Å². The lowest BCUT2D eigenvalue weighted by Gasteiger charge is -2.27. The fourth-order valence-electron chi connectivity index (χ4n) is 2.78. The smallest absolute Gasteiger partial charge is 0.263 e. The second-order valence-electron chi connectivity index (χ2n) is 5.41. The molecule has 0 spiro atoms. The minimum atomic E-state index is -0.529. The van der Waals surface area contributed by atoms with Crippen molar-refractivity contribution < 1.29 is 14.6 Å². The first-order valence-corrected chi connectivity index (χ1v) is 7.83. The average Bonchev–Trinajstić information content (AvgIpc) is 2.92. The summed E-state index contributed by atoms with van der Waals surface area (Å²) >= 11 is 5.92. The van der Waals surface area contributed by atoms with Crippen LogP contribution in [0.1, 0.15) is 32.6 Å². The summed E-state index contributed by atoms with van der Waals surface area (Å²) in [6.45, 7) is 2.72. The zero-order valence-corrected chi connectivity index (χ0v) is 13.1. The number of aliphatic hydroxyl groups excluding tert-OH is 1. The largest absolute Gasteiger partial charge is 0.481 e. The Morgan fingerprint density at radius 1 is 1.57 bits per heavy atom. The lowest BCUT2D eigenvalue weighted by atomic mass is 10.1. The van der Waals surface area contributed by atoms with Gasteiger partial charge in [-0.2, -0.15) is 0 Å². The predicted molar refractivity (Wildman–Crippen MR) is 82.6 cm³/mol. The van der Waals surface area contributed by atoms with Crippen molar-refractivity contribution in [3.05, 3.63) is 29.3 Å². The van der Waals surface area contributed by atoms with E-state index in [1.807, 2.05) is 4.90 Å². The van der Waals surface area contributed by atoms with Crippen LogP contribution in [0.3, 0.4) is 0 Å². The fourth-order valence-corrected chi connectivity index (χ4v) is 2.96. The third-order valence-corrected chi connectivity index (χ3v) is 4.05. The van der Waals surface area contributed by atoms with Crippen LogP contribution in [0, 0.1) is 0 Å². The summed E-state index contributed by atoms with van der Waals surface area (Å²) in [5.41, 5.74) is 0. The van der Waals surface area contributed by atoms with E-state index in [4.69, 9.17) is 21.4 Å². The van der Waals surface area contributed by atoms with E-state index in [9.17, 15) is 4.79 Å². The highest BCUT2D eigenvalue weighted by molar-refractivity contribution is 6.30. The topological polar surface area (TPSA) is 49.8 Å². The van der Waals surface area contributed by atoms with Crippen LogP contribution in [0.25, 0.3) is 0 Å². The van der Waals surface area contributed by atoms with Gasteiger partial charge in [0.2, 0.25) is 0 Å². The maximum Gasteiger partial charge on any atom is 0.263 e. The maximum atomic E-state index is 12.5. The average molecular weight is 312 g/mol. The maximum absolute atomic E-state index is 12.5. The molecule has 2 atom stereocenters. The number of benzene rings is 1. The molecular formula is C16H22ClNO3. The zero-order valence-electron chi connectivity index (χ0n) is 12.3. The highest BCUT2D eigenvalue weighted by Gasteiger charge is 2.31. The molecule has 1 aromatic carbocycles. The Morgan fingerprint density at radius 3 is 3.10 bits per heavy atom. The van der Waals surface area contributed by atoms with Crippen molar-refractivity contribution in [1.29, 1.82) is 0 Å². The summed E-state index contributed by atoms with van der Waals surface area (Å²) in [7, 11) is 0. The van der Waals surface area contributed by atoms with Crippen LogP contribution < -0.4 is 4.74 Å². The molecule has 1 aliphatic rings. The van der Waals surface area contributed by atoms with Crippen molar-refractivity contribution in [3.63, 3.8) is 0 Å². The Hall–Kier alpha value is -1.26. The summed E-state index contributed by atoms with van der Waals surface area (Å²) in [6, 6.07) is 7.30. The molecule has 4 nitrogen and oxygen atoms in total. The van der Waals surface area contributed by atoms with Crippen molar-refractivity contribution in [2.75, 3.05) is 13.2 Å². The van der Waals surface area contributed by atoms with Crippen LogP contribution in [-0.2, 0) is 4.79 Å². The Labute approximate surface area is 130 Å². The molecule has 0 radical (unpaired) electrons. The first kappa shape index (κ1) is 16.1. The molecule has 1 N–H and O–H groups in total. The third-order valence-electron chi connectivity index (χ3n) is 3.81. The summed E-state index contributed by atoms with van der Waals surface area (Å²) in [5.74, 6) is 0.616. The summed E-state index contributed by atoms with van der Waals surface area (Å²) < 4.78 is 5.70. The van der Waals surface area contributed by atoms with Crippen LogP contribution in [0.2, 0.25) is 5.02 Å². The lowest BCUT2D eigenvalue weighted by molar-refractivity contribution is -0.138. The number of rotatable bonds is 6. The van der Waals surface area contributed by atoms with Crippen molar-refractivity contribution in [1.82, 2.24) is 4.90 Å². The molecule has 1 aliphatic heterocycles. The predicted octanol–water partition coefficient (Wildman–Crippen LogP) is 2.87. The second kappa shape index (κ2) is 7.66. The Kier molecular flexibility index (Phi) is 5.88. The summed E-state index contributed by atoms with van der Waals surface area (Å²) in [4.78, 5) is 14.4. The highest BCUT2D eigenvalue weighted by atomic mass is 35.5. The number of aliphatic hydroxyl groups is 1. The van der Waals surface area contributed by atoms with Gasteiger partial charge >= 0.3 is 0 Å².